The van der Waals surface area contributed by atoms with Crippen molar-refractivity contribution in [2.45, 2.75) is 19.6 Å². The van der Waals surface area contributed by atoms with E-state index in [4.69, 9.17) is 9.47 Å². The quantitative estimate of drug-likeness (QED) is 0.456. The van der Waals surface area contributed by atoms with Gasteiger partial charge in [0, 0.05) is 19.3 Å². The van der Waals surface area contributed by atoms with Gasteiger partial charge >= 0.3 is 0 Å². The first kappa shape index (κ1) is 18.4. The number of ether oxygens (including phenoxy) is 2. The normalized spacial score (nSPS) is 12.0. The van der Waals surface area contributed by atoms with Gasteiger partial charge in [-0.3, -0.25) is 0 Å². The summed E-state index contributed by atoms with van der Waals surface area (Å²) >= 11 is 1.48. The number of hydrogen-bond donors (Lipinski definition) is 1. The molecule has 1 N–H and O–H groups in total. The van der Waals surface area contributed by atoms with Crippen molar-refractivity contribution in [2.75, 3.05) is 6.54 Å². The average Bonchev–Trinajstić information content (AvgIpc) is 3.12. The SMILES string of the molecule is CC(CNCc1ccccc1)Oc1ccc(Oc2nc3ncccc3s2)cc1. The van der Waals surface area contributed by atoms with Crippen LogP contribution in [0, 0.1) is 0 Å². The number of nitrogens with one attached hydrogen (secondary N) is 1. The summed E-state index contributed by atoms with van der Waals surface area (Å²) in [5.74, 6) is 1.54. The third-order valence-corrected chi connectivity index (χ3v) is 5.00. The Bertz CT molecular complexity index is 986. The van der Waals surface area contributed by atoms with Crippen LogP contribution in [0.2, 0.25) is 0 Å². The number of fused-ring (bicyclic) bond motifs is 1. The molecule has 2 aromatic heterocycles. The summed E-state index contributed by atoms with van der Waals surface area (Å²) in [6.45, 7) is 3.65. The van der Waals surface area contributed by atoms with Crippen LogP contribution in [-0.2, 0) is 6.54 Å². The molecule has 142 valence electrons. The molecule has 6 heteroatoms. The molecule has 0 spiro atoms. The Balaban J connectivity index is 1.27. The molecule has 2 heterocycles. The van der Waals surface area contributed by atoms with Gasteiger partial charge < -0.3 is 14.8 Å². The molecular weight excluding hydrogens is 370 g/mol. The van der Waals surface area contributed by atoms with Crippen LogP contribution in [0.25, 0.3) is 10.3 Å². The molecule has 4 aromatic rings. The van der Waals surface area contributed by atoms with Gasteiger partial charge in [0.15, 0.2) is 5.65 Å². The van der Waals surface area contributed by atoms with Crippen LogP contribution in [0.1, 0.15) is 12.5 Å². The molecule has 0 radical (unpaired) electrons. The molecule has 4 rings (SSSR count). The Morgan fingerprint density at radius 1 is 0.964 bits per heavy atom. The van der Waals surface area contributed by atoms with Crippen molar-refractivity contribution >= 4 is 21.7 Å². The first-order valence-electron chi connectivity index (χ1n) is 9.17. The highest BCUT2D eigenvalue weighted by molar-refractivity contribution is 7.20. The van der Waals surface area contributed by atoms with Crippen LogP contribution in [0.3, 0.4) is 0 Å². The van der Waals surface area contributed by atoms with Crippen molar-refractivity contribution in [1.29, 1.82) is 0 Å². The van der Waals surface area contributed by atoms with E-state index in [2.05, 4.69) is 34.3 Å². The standard InChI is InChI=1S/C22H21N3O2S/c1-16(14-23-15-17-6-3-2-4-7-17)26-18-9-11-19(12-10-18)27-22-25-21-20(28-22)8-5-13-24-21/h2-13,16,23H,14-15H2,1H3. The fourth-order valence-electron chi connectivity index (χ4n) is 2.77. The molecule has 0 saturated heterocycles. The highest BCUT2D eigenvalue weighted by Gasteiger charge is 2.08. The lowest BCUT2D eigenvalue weighted by Gasteiger charge is -2.16. The Morgan fingerprint density at radius 2 is 1.75 bits per heavy atom. The predicted molar refractivity (Wildman–Crippen MR) is 112 cm³/mol. The number of hydrogen-bond acceptors (Lipinski definition) is 6. The predicted octanol–water partition coefficient (Wildman–Crippen LogP) is 5.04. The zero-order chi connectivity index (χ0) is 19.2. The van der Waals surface area contributed by atoms with Crippen molar-refractivity contribution in [3.63, 3.8) is 0 Å². The molecule has 0 bridgehead atoms. The van der Waals surface area contributed by atoms with Crippen LogP contribution in [-0.4, -0.2) is 22.6 Å². The molecule has 0 aliphatic heterocycles. The fraction of sp³-hybridized carbons (Fsp3) is 0.182. The number of pyridine rings is 1. The van der Waals surface area contributed by atoms with E-state index in [1.54, 1.807) is 6.20 Å². The summed E-state index contributed by atoms with van der Waals surface area (Å²) in [5, 5.41) is 4.00. The number of aromatic nitrogens is 2. The molecule has 1 unspecified atom stereocenters. The van der Waals surface area contributed by atoms with Gasteiger partial charge in [0.2, 0.25) is 0 Å². The van der Waals surface area contributed by atoms with Gasteiger partial charge in [-0.2, -0.15) is 4.98 Å². The molecule has 5 nitrogen and oxygen atoms in total. The van der Waals surface area contributed by atoms with Gasteiger partial charge in [0.25, 0.3) is 5.19 Å². The van der Waals surface area contributed by atoms with E-state index in [0.29, 0.717) is 10.8 Å². The lowest BCUT2D eigenvalue weighted by Crippen LogP contribution is -2.28. The molecule has 0 aliphatic carbocycles. The van der Waals surface area contributed by atoms with E-state index < -0.39 is 0 Å². The van der Waals surface area contributed by atoms with Crippen molar-refractivity contribution in [1.82, 2.24) is 15.3 Å². The van der Waals surface area contributed by atoms with Gasteiger partial charge in [-0.1, -0.05) is 41.7 Å². The Labute approximate surface area is 168 Å². The molecule has 0 saturated carbocycles. The summed E-state index contributed by atoms with van der Waals surface area (Å²) in [7, 11) is 0. The minimum atomic E-state index is 0.0609. The molecular formula is C22H21N3O2S. The van der Waals surface area contributed by atoms with Crippen LogP contribution >= 0.6 is 11.3 Å². The second kappa shape index (κ2) is 8.82. The van der Waals surface area contributed by atoms with Crippen LogP contribution < -0.4 is 14.8 Å². The molecule has 28 heavy (non-hydrogen) atoms. The summed E-state index contributed by atoms with van der Waals surface area (Å²) in [6.07, 6.45) is 1.79. The topological polar surface area (TPSA) is 56.3 Å². The maximum absolute atomic E-state index is 5.96. The van der Waals surface area contributed by atoms with E-state index in [1.165, 1.54) is 16.9 Å². The molecule has 2 aromatic carbocycles. The van der Waals surface area contributed by atoms with Crippen molar-refractivity contribution < 1.29 is 9.47 Å². The van der Waals surface area contributed by atoms with E-state index in [-0.39, 0.29) is 6.10 Å². The average molecular weight is 391 g/mol. The first-order chi connectivity index (χ1) is 13.8. The van der Waals surface area contributed by atoms with Crippen LogP contribution in [0.4, 0.5) is 0 Å². The minimum absolute atomic E-state index is 0.0609. The second-order valence-electron chi connectivity index (χ2n) is 6.42. The molecule has 0 amide bonds. The summed E-state index contributed by atoms with van der Waals surface area (Å²) in [6, 6.07) is 21.8. The zero-order valence-corrected chi connectivity index (χ0v) is 16.4. The third-order valence-electron chi connectivity index (χ3n) is 4.12. The Hall–Kier alpha value is -2.96. The van der Waals surface area contributed by atoms with Crippen LogP contribution in [0.5, 0.6) is 16.7 Å². The number of nitrogens with zero attached hydrogens (tertiary/aromatic N) is 2. The summed E-state index contributed by atoms with van der Waals surface area (Å²) in [5.41, 5.74) is 1.97. The summed E-state index contributed by atoms with van der Waals surface area (Å²) < 4.78 is 12.8. The molecule has 0 aliphatic rings. The molecule has 0 fully saturated rings. The Kier molecular flexibility index (Phi) is 5.80. The van der Waals surface area contributed by atoms with Gasteiger partial charge in [-0.25, -0.2) is 4.98 Å². The smallest absolute Gasteiger partial charge is 0.281 e. The summed E-state index contributed by atoms with van der Waals surface area (Å²) in [4.78, 5) is 8.61. The number of benzene rings is 2. The van der Waals surface area contributed by atoms with E-state index in [0.717, 1.165) is 29.3 Å². The first-order valence-corrected chi connectivity index (χ1v) is 9.99. The molecule has 1 atom stereocenters. The van der Waals surface area contributed by atoms with E-state index >= 15 is 0 Å². The van der Waals surface area contributed by atoms with Crippen molar-refractivity contribution in [3.8, 4) is 16.7 Å². The minimum Gasteiger partial charge on any atom is -0.489 e. The highest BCUT2D eigenvalue weighted by atomic mass is 32.1. The maximum atomic E-state index is 5.96. The third kappa shape index (κ3) is 4.85. The largest absolute Gasteiger partial charge is 0.489 e. The lowest BCUT2D eigenvalue weighted by molar-refractivity contribution is 0.216. The number of rotatable bonds is 8. The van der Waals surface area contributed by atoms with E-state index in [1.807, 2.05) is 54.6 Å². The number of thiazole rings is 1. The Morgan fingerprint density at radius 3 is 2.54 bits per heavy atom. The van der Waals surface area contributed by atoms with Crippen molar-refractivity contribution in [3.05, 3.63) is 78.5 Å². The second-order valence-corrected chi connectivity index (χ2v) is 7.42. The maximum Gasteiger partial charge on any atom is 0.281 e. The van der Waals surface area contributed by atoms with E-state index in [9.17, 15) is 0 Å². The monoisotopic (exact) mass is 391 g/mol. The zero-order valence-electron chi connectivity index (χ0n) is 15.5. The highest BCUT2D eigenvalue weighted by Crippen LogP contribution is 2.30. The van der Waals surface area contributed by atoms with Gasteiger partial charge in [-0.15, -0.1) is 0 Å². The van der Waals surface area contributed by atoms with Gasteiger partial charge in [0.1, 0.15) is 17.6 Å². The van der Waals surface area contributed by atoms with Gasteiger partial charge in [-0.05, 0) is 48.9 Å². The van der Waals surface area contributed by atoms with Crippen LogP contribution in [0.15, 0.2) is 72.9 Å². The lowest BCUT2D eigenvalue weighted by atomic mass is 10.2. The van der Waals surface area contributed by atoms with Crippen molar-refractivity contribution in [2.24, 2.45) is 0 Å². The van der Waals surface area contributed by atoms with Gasteiger partial charge in [0.05, 0.1) is 4.70 Å². The fourth-order valence-corrected chi connectivity index (χ4v) is 3.56.